The van der Waals surface area contributed by atoms with Crippen molar-refractivity contribution in [1.82, 2.24) is 4.98 Å². The molecule has 0 aliphatic carbocycles. The van der Waals surface area contributed by atoms with Crippen molar-refractivity contribution in [3.63, 3.8) is 0 Å². The summed E-state index contributed by atoms with van der Waals surface area (Å²) in [4.78, 5) is 4.10. The van der Waals surface area contributed by atoms with Crippen LogP contribution >= 0.6 is 23.2 Å². The highest BCUT2D eigenvalue weighted by atomic mass is 35.5. The van der Waals surface area contributed by atoms with Crippen molar-refractivity contribution in [2.24, 2.45) is 0 Å². The van der Waals surface area contributed by atoms with E-state index in [1.54, 1.807) is 6.20 Å². The number of benzene rings is 1. The van der Waals surface area contributed by atoms with Crippen molar-refractivity contribution < 1.29 is 0 Å². The quantitative estimate of drug-likeness (QED) is 0.716. The predicted molar refractivity (Wildman–Crippen MR) is 64.2 cm³/mol. The summed E-state index contributed by atoms with van der Waals surface area (Å²) in [5, 5.41) is 0.732. The van der Waals surface area contributed by atoms with Crippen molar-refractivity contribution in [1.29, 1.82) is 0 Å². The third-order valence-corrected chi connectivity index (χ3v) is 2.75. The monoisotopic (exact) mass is 237 g/mol. The summed E-state index contributed by atoms with van der Waals surface area (Å²) >= 11 is 11.7. The molecular weight excluding hydrogens is 229 g/mol. The van der Waals surface area contributed by atoms with E-state index in [0.717, 1.165) is 21.7 Å². The Bertz CT molecular complexity index is 451. The molecule has 0 aliphatic rings. The van der Waals surface area contributed by atoms with E-state index >= 15 is 0 Å². The normalized spacial score (nSPS) is 10.3. The minimum Gasteiger partial charge on any atom is -0.264 e. The standard InChI is InChI=1S/C12H9Cl2N/c13-7-10-5-6-15-8-12(10)9-1-3-11(14)4-2-9/h1-6,8H,7H2. The minimum absolute atomic E-state index is 0.487. The zero-order valence-corrected chi connectivity index (χ0v) is 9.46. The van der Waals surface area contributed by atoms with Crippen molar-refractivity contribution in [3.8, 4) is 11.1 Å². The Hall–Kier alpha value is -1.05. The molecule has 3 heteroatoms. The smallest absolute Gasteiger partial charge is 0.0481 e. The number of alkyl halides is 1. The summed E-state index contributed by atoms with van der Waals surface area (Å²) in [6.07, 6.45) is 3.57. The number of aromatic nitrogens is 1. The second-order valence-electron chi connectivity index (χ2n) is 3.17. The van der Waals surface area contributed by atoms with Crippen molar-refractivity contribution in [2.45, 2.75) is 5.88 Å². The molecule has 15 heavy (non-hydrogen) atoms. The molecule has 0 saturated heterocycles. The maximum Gasteiger partial charge on any atom is 0.0481 e. The second kappa shape index (κ2) is 4.65. The SMILES string of the molecule is ClCc1ccncc1-c1ccc(Cl)cc1. The summed E-state index contributed by atoms with van der Waals surface area (Å²) in [6, 6.07) is 9.59. The van der Waals surface area contributed by atoms with Crippen molar-refractivity contribution in [2.75, 3.05) is 0 Å². The van der Waals surface area contributed by atoms with E-state index in [0.29, 0.717) is 5.88 Å². The maximum absolute atomic E-state index is 5.86. The molecule has 76 valence electrons. The van der Waals surface area contributed by atoms with Gasteiger partial charge in [-0.15, -0.1) is 11.6 Å². The average molecular weight is 238 g/mol. The van der Waals surface area contributed by atoms with Gasteiger partial charge in [-0.3, -0.25) is 4.98 Å². The molecule has 1 nitrogen and oxygen atoms in total. The summed E-state index contributed by atoms with van der Waals surface area (Å²) < 4.78 is 0. The molecule has 2 rings (SSSR count). The number of pyridine rings is 1. The number of hydrogen-bond donors (Lipinski definition) is 0. The van der Waals surface area contributed by atoms with Crippen LogP contribution in [0.1, 0.15) is 5.56 Å². The summed E-state index contributed by atoms with van der Waals surface area (Å²) in [5.74, 6) is 0.487. The van der Waals surface area contributed by atoms with Crippen LogP contribution in [-0.4, -0.2) is 4.98 Å². The molecule has 0 bridgehead atoms. The molecule has 1 aromatic carbocycles. The Morgan fingerprint density at radius 1 is 1.07 bits per heavy atom. The van der Waals surface area contributed by atoms with E-state index < -0.39 is 0 Å². The van der Waals surface area contributed by atoms with E-state index in [2.05, 4.69) is 4.98 Å². The van der Waals surface area contributed by atoms with Gasteiger partial charge in [0.15, 0.2) is 0 Å². The zero-order chi connectivity index (χ0) is 10.7. The lowest BCUT2D eigenvalue weighted by molar-refractivity contribution is 1.27. The van der Waals surface area contributed by atoms with Crippen molar-refractivity contribution in [3.05, 3.63) is 53.3 Å². The van der Waals surface area contributed by atoms with Crippen LogP contribution in [0.4, 0.5) is 0 Å². The van der Waals surface area contributed by atoms with Crippen LogP contribution in [0.25, 0.3) is 11.1 Å². The van der Waals surface area contributed by atoms with Crippen LogP contribution in [0, 0.1) is 0 Å². The van der Waals surface area contributed by atoms with Gasteiger partial charge in [0, 0.05) is 28.9 Å². The first-order chi connectivity index (χ1) is 7.31. The topological polar surface area (TPSA) is 12.9 Å². The van der Waals surface area contributed by atoms with Gasteiger partial charge in [0.25, 0.3) is 0 Å². The van der Waals surface area contributed by atoms with Gasteiger partial charge in [0.2, 0.25) is 0 Å². The van der Waals surface area contributed by atoms with Gasteiger partial charge >= 0.3 is 0 Å². The highest BCUT2D eigenvalue weighted by Gasteiger charge is 2.03. The van der Waals surface area contributed by atoms with Gasteiger partial charge < -0.3 is 0 Å². The Morgan fingerprint density at radius 2 is 1.80 bits per heavy atom. The summed E-state index contributed by atoms with van der Waals surface area (Å²) in [6.45, 7) is 0. The molecule has 0 spiro atoms. The Morgan fingerprint density at radius 3 is 2.47 bits per heavy atom. The fourth-order valence-corrected chi connectivity index (χ4v) is 1.79. The molecular formula is C12H9Cl2N. The first-order valence-corrected chi connectivity index (χ1v) is 5.47. The molecule has 1 heterocycles. The van der Waals surface area contributed by atoms with Gasteiger partial charge in [0.05, 0.1) is 0 Å². The average Bonchev–Trinajstić information content (AvgIpc) is 2.30. The highest BCUT2D eigenvalue weighted by molar-refractivity contribution is 6.30. The molecule has 0 aliphatic heterocycles. The third-order valence-electron chi connectivity index (χ3n) is 2.21. The lowest BCUT2D eigenvalue weighted by Gasteiger charge is -2.06. The third kappa shape index (κ3) is 2.31. The molecule has 0 atom stereocenters. The number of halogens is 2. The lowest BCUT2D eigenvalue weighted by Crippen LogP contribution is -1.87. The first kappa shape index (κ1) is 10.5. The van der Waals surface area contributed by atoms with Crippen LogP contribution in [-0.2, 0) is 5.88 Å². The molecule has 0 amide bonds. The van der Waals surface area contributed by atoms with Crippen LogP contribution in [0.2, 0.25) is 5.02 Å². The van der Waals surface area contributed by atoms with Gasteiger partial charge in [0.1, 0.15) is 0 Å². The maximum atomic E-state index is 5.86. The van der Waals surface area contributed by atoms with E-state index in [1.165, 1.54) is 0 Å². The van der Waals surface area contributed by atoms with Gasteiger partial charge in [-0.2, -0.15) is 0 Å². The lowest BCUT2D eigenvalue weighted by atomic mass is 10.0. The fraction of sp³-hybridized carbons (Fsp3) is 0.0833. The molecule has 0 saturated carbocycles. The van der Waals surface area contributed by atoms with Gasteiger partial charge in [-0.25, -0.2) is 0 Å². The zero-order valence-electron chi connectivity index (χ0n) is 7.95. The van der Waals surface area contributed by atoms with Crippen LogP contribution in [0.5, 0.6) is 0 Å². The van der Waals surface area contributed by atoms with Gasteiger partial charge in [-0.05, 0) is 29.3 Å². The molecule has 0 unspecified atom stereocenters. The minimum atomic E-state index is 0.487. The van der Waals surface area contributed by atoms with Gasteiger partial charge in [-0.1, -0.05) is 23.7 Å². The number of rotatable bonds is 2. The van der Waals surface area contributed by atoms with Crippen LogP contribution < -0.4 is 0 Å². The molecule has 0 fully saturated rings. The second-order valence-corrected chi connectivity index (χ2v) is 3.88. The largest absolute Gasteiger partial charge is 0.264 e. The first-order valence-electron chi connectivity index (χ1n) is 4.56. The Balaban J connectivity index is 2.49. The molecule has 0 radical (unpaired) electrons. The number of nitrogens with zero attached hydrogens (tertiary/aromatic N) is 1. The van der Waals surface area contributed by atoms with E-state index in [-0.39, 0.29) is 0 Å². The van der Waals surface area contributed by atoms with E-state index in [4.69, 9.17) is 23.2 Å². The van der Waals surface area contributed by atoms with Crippen LogP contribution in [0.15, 0.2) is 42.7 Å². The van der Waals surface area contributed by atoms with E-state index in [1.807, 2.05) is 36.5 Å². The fourth-order valence-electron chi connectivity index (χ4n) is 1.43. The van der Waals surface area contributed by atoms with Crippen molar-refractivity contribution >= 4 is 23.2 Å². The molecule has 0 N–H and O–H groups in total. The summed E-state index contributed by atoms with van der Waals surface area (Å²) in [7, 11) is 0. The Labute approximate surface area is 98.7 Å². The van der Waals surface area contributed by atoms with E-state index in [9.17, 15) is 0 Å². The highest BCUT2D eigenvalue weighted by Crippen LogP contribution is 2.25. The Kier molecular flexibility index (Phi) is 3.24. The summed E-state index contributed by atoms with van der Waals surface area (Å²) in [5.41, 5.74) is 3.22. The molecule has 1 aromatic heterocycles. The number of hydrogen-bond acceptors (Lipinski definition) is 1. The van der Waals surface area contributed by atoms with Crippen LogP contribution in [0.3, 0.4) is 0 Å². The molecule has 2 aromatic rings. The predicted octanol–water partition coefficient (Wildman–Crippen LogP) is 4.14.